The van der Waals surface area contributed by atoms with Crippen LogP contribution in [0.4, 0.5) is 0 Å². The Morgan fingerprint density at radius 3 is 2.65 bits per heavy atom. The van der Waals surface area contributed by atoms with E-state index >= 15 is 0 Å². The molecule has 0 aliphatic rings. The lowest BCUT2D eigenvalue weighted by molar-refractivity contribution is 0.180. The summed E-state index contributed by atoms with van der Waals surface area (Å²) < 4.78 is 10.6. The average molecular weight is 259 g/mol. The zero-order valence-corrected chi connectivity index (χ0v) is 10.7. The molecule has 0 aliphatic heterocycles. The summed E-state index contributed by atoms with van der Waals surface area (Å²) in [4.78, 5) is 0. The van der Waals surface area contributed by atoms with Crippen LogP contribution in [0.5, 0.6) is 5.75 Å². The van der Waals surface area contributed by atoms with Gasteiger partial charge in [0.25, 0.3) is 0 Å². The third-order valence-corrected chi connectivity index (χ3v) is 2.65. The van der Waals surface area contributed by atoms with Gasteiger partial charge in [0.2, 0.25) is 0 Å². The third-order valence-electron chi connectivity index (χ3n) is 2.40. The van der Waals surface area contributed by atoms with Crippen LogP contribution in [0.25, 0.3) is 0 Å². The van der Waals surface area contributed by atoms with Gasteiger partial charge < -0.3 is 9.47 Å². The van der Waals surface area contributed by atoms with Crippen molar-refractivity contribution in [1.29, 1.82) is 0 Å². The first-order valence-electron chi connectivity index (χ1n) is 5.59. The maximum Gasteiger partial charge on any atom is 0.119 e. The van der Waals surface area contributed by atoms with Crippen molar-refractivity contribution >= 4 is 11.6 Å². The van der Waals surface area contributed by atoms with Crippen molar-refractivity contribution in [2.24, 2.45) is 5.84 Å². The Kier molecular flexibility index (Phi) is 6.96. The second kappa shape index (κ2) is 8.31. The topological polar surface area (TPSA) is 56.5 Å². The van der Waals surface area contributed by atoms with E-state index in [2.05, 4.69) is 5.43 Å². The van der Waals surface area contributed by atoms with Crippen LogP contribution in [0.15, 0.2) is 24.3 Å². The molecule has 1 rings (SSSR count). The maximum atomic E-state index is 5.78. The second-order valence-corrected chi connectivity index (χ2v) is 4.20. The van der Waals surface area contributed by atoms with Crippen molar-refractivity contribution in [3.63, 3.8) is 0 Å². The minimum atomic E-state index is 0.126. The summed E-state index contributed by atoms with van der Waals surface area (Å²) in [6.45, 7) is 1.26. The Morgan fingerprint density at radius 2 is 2.06 bits per heavy atom. The van der Waals surface area contributed by atoms with Crippen LogP contribution in [0, 0.1) is 0 Å². The summed E-state index contributed by atoms with van der Waals surface area (Å²) in [6, 6.07) is 7.40. The van der Waals surface area contributed by atoms with Crippen LogP contribution in [0.2, 0.25) is 5.02 Å². The smallest absolute Gasteiger partial charge is 0.119 e. The number of ether oxygens (including phenoxy) is 2. The van der Waals surface area contributed by atoms with Crippen molar-refractivity contribution in [2.45, 2.75) is 18.9 Å². The Balaban J connectivity index is 2.29. The predicted molar refractivity (Wildman–Crippen MR) is 69.2 cm³/mol. The fraction of sp³-hybridized carbons (Fsp3) is 0.500. The zero-order valence-electron chi connectivity index (χ0n) is 9.99. The van der Waals surface area contributed by atoms with Gasteiger partial charge in [-0.25, -0.2) is 0 Å². The highest BCUT2D eigenvalue weighted by Crippen LogP contribution is 2.15. The maximum absolute atomic E-state index is 5.78. The first-order chi connectivity index (χ1) is 8.26. The standard InChI is InChI=1S/C12H19ClN2O2/c1-16-8-2-3-11(15-14)9-17-12-6-4-10(13)5-7-12/h4-7,11,15H,2-3,8-9,14H2,1H3. The molecule has 0 spiro atoms. The Bertz CT molecular complexity index is 306. The Morgan fingerprint density at radius 1 is 1.35 bits per heavy atom. The molecule has 96 valence electrons. The van der Waals surface area contributed by atoms with E-state index < -0.39 is 0 Å². The molecule has 0 amide bonds. The van der Waals surface area contributed by atoms with Gasteiger partial charge in [0.05, 0.1) is 6.04 Å². The Hall–Kier alpha value is -0.810. The number of rotatable bonds is 8. The van der Waals surface area contributed by atoms with Gasteiger partial charge in [0, 0.05) is 18.7 Å². The van der Waals surface area contributed by atoms with Crippen LogP contribution in [-0.2, 0) is 4.74 Å². The van der Waals surface area contributed by atoms with Gasteiger partial charge in [-0.05, 0) is 37.1 Å². The van der Waals surface area contributed by atoms with Gasteiger partial charge >= 0.3 is 0 Å². The molecular formula is C12H19ClN2O2. The number of benzene rings is 1. The molecule has 0 aliphatic carbocycles. The minimum Gasteiger partial charge on any atom is -0.492 e. The first kappa shape index (κ1) is 14.3. The van der Waals surface area contributed by atoms with E-state index in [0.29, 0.717) is 11.6 Å². The molecule has 1 aromatic carbocycles. The van der Waals surface area contributed by atoms with E-state index in [0.717, 1.165) is 25.2 Å². The van der Waals surface area contributed by atoms with Gasteiger partial charge in [0.15, 0.2) is 0 Å². The fourth-order valence-corrected chi connectivity index (χ4v) is 1.54. The minimum absolute atomic E-state index is 0.126. The zero-order chi connectivity index (χ0) is 12.5. The van der Waals surface area contributed by atoms with E-state index in [1.54, 1.807) is 19.2 Å². The molecule has 5 heteroatoms. The first-order valence-corrected chi connectivity index (χ1v) is 5.97. The van der Waals surface area contributed by atoms with Gasteiger partial charge in [-0.1, -0.05) is 11.6 Å². The highest BCUT2D eigenvalue weighted by Gasteiger charge is 2.07. The normalized spacial score (nSPS) is 12.4. The van der Waals surface area contributed by atoms with Gasteiger partial charge in [0.1, 0.15) is 12.4 Å². The average Bonchev–Trinajstić information content (AvgIpc) is 2.35. The number of methoxy groups -OCH3 is 1. The van der Waals surface area contributed by atoms with Crippen molar-refractivity contribution in [3.05, 3.63) is 29.3 Å². The van der Waals surface area contributed by atoms with Crippen LogP contribution in [-0.4, -0.2) is 26.4 Å². The summed E-state index contributed by atoms with van der Waals surface area (Å²) in [6.07, 6.45) is 1.87. The van der Waals surface area contributed by atoms with Crippen LogP contribution >= 0.6 is 11.6 Å². The largest absolute Gasteiger partial charge is 0.492 e. The van der Waals surface area contributed by atoms with Crippen LogP contribution in [0.1, 0.15) is 12.8 Å². The fourth-order valence-electron chi connectivity index (χ4n) is 1.42. The number of halogens is 1. The van der Waals surface area contributed by atoms with Crippen LogP contribution in [0.3, 0.4) is 0 Å². The molecule has 1 atom stereocenters. The summed E-state index contributed by atoms with van der Waals surface area (Å²) in [5.41, 5.74) is 2.74. The van der Waals surface area contributed by atoms with Crippen molar-refractivity contribution < 1.29 is 9.47 Å². The number of nitrogens with one attached hydrogen (secondary N) is 1. The summed E-state index contributed by atoms with van der Waals surface area (Å²) >= 11 is 5.78. The predicted octanol–water partition coefficient (Wildman–Crippen LogP) is 1.98. The van der Waals surface area contributed by atoms with Gasteiger partial charge in [-0.3, -0.25) is 11.3 Å². The van der Waals surface area contributed by atoms with E-state index in [1.165, 1.54) is 0 Å². The SMILES string of the molecule is COCCCC(COc1ccc(Cl)cc1)NN. The quantitative estimate of drug-likeness (QED) is 0.425. The highest BCUT2D eigenvalue weighted by atomic mass is 35.5. The molecule has 0 heterocycles. The molecule has 0 saturated heterocycles. The summed E-state index contributed by atoms with van der Waals surface area (Å²) in [7, 11) is 1.69. The molecule has 1 aromatic rings. The molecular weight excluding hydrogens is 240 g/mol. The lowest BCUT2D eigenvalue weighted by Gasteiger charge is -2.16. The molecule has 1 unspecified atom stereocenters. The van der Waals surface area contributed by atoms with Crippen molar-refractivity contribution in [1.82, 2.24) is 5.43 Å². The monoisotopic (exact) mass is 258 g/mol. The Labute approximate surface area is 107 Å². The number of hydrogen-bond donors (Lipinski definition) is 2. The van der Waals surface area contributed by atoms with E-state index in [1.807, 2.05) is 12.1 Å². The van der Waals surface area contributed by atoms with E-state index in [4.69, 9.17) is 26.9 Å². The molecule has 0 saturated carbocycles. The molecule has 3 N–H and O–H groups in total. The van der Waals surface area contributed by atoms with Crippen molar-refractivity contribution in [3.8, 4) is 5.75 Å². The summed E-state index contributed by atoms with van der Waals surface area (Å²) in [5.74, 6) is 6.24. The van der Waals surface area contributed by atoms with E-state index in [-0.39, 0.29) is 6.04 Å². The molecule has 0 bridgehead atoms. The lowest BCUT2D eigenvalue weighted by atomic mass is 10.2. The van der Waals surface area contributed by atoms with Gasteiger partial charge in [-0.2, -0.15) is 0 Å². The molecule has 0 fully saturated rings. The van der Waals surface area contributed by atoms with Crippen molar-refractivity contribution in [2.75, 3.05) is 20.3 Å². The van der Waals surface area contributed by atoms with Crippen LogP contribution < -0.4 is 16.0 Å². The highest BCUT2D eigenvalue weighted by molar-refractivity contribution is 6.30. The van der Waals surface area contributed by atoms with E-state index in [9.17, 15) is 0 Å². The molecule has 0 aromatic heterocycles. The molecule has 4 nitrogen and oxygen atoms in total. The lowest BCUT2D eigenvalue weighted by Crippen LogP contribution is -2.39. The third kappa shape index (κ3) is 5.89. The molecule has 0 radical (unpaired) electrons. The number of hydrogen-bond acceptors (Lipinski definition) is 4. The number of hydrazine groups is 1. The molecule has 17 heavy (non-hydrogen) atoms. The summed E-state index contributed by atoms with van der Waals surface area (Å²) in [5, 5.41) is 0.700. The van der Waals surface area contributed by atoms with Gasteiger partial charge in [-0.15, -0.1) is 0 Å². The number of nitrogens with two attached hydrogens (primary N) is 1. The second-order valence-electron chi connectivity index (χ2n) is 3.76.